The molecule has 0 aliphatic carbocycles. The Labute approximate surface area is 213 Å². The predicted octanol–water partition coefficient (Wildman–Crippen LogP) is 4.54. The largest absolute Gasteiger partial charge is 0.494 e. The molecule has 0 bridgehead atoms. The Kier molecular flexibility index (Phi) is 6.91. The number of methoxy groups -OCH3 is 1. The number of nitrogens with zero attached hydrogens (tertiary/aromatic N) is 4. The molecule has 9 nitrogen and oxygen atoms in total. The highest BCUT2D eigenvalue weighted by Gasteiger charge is 2.17. The average Bonchev–Trinajstić information content (AvgIpc) is 2.93. The summed E-state index contributed by atoms with van der Waals surface area (Å²) in [5.41, 5.74) is 3.06. The summed E-state index contributed by atoms with van der Waals surface area (Å²) in [7, 11) is 1.60. The lowest BCUT2D eigenvalue weighted by atomic mass is 10.1. The van der Waals surface area contributed by atoms with Gasteiger partial charge in [-0.05, 0) is 42.5 Å². The first kappa shape index (κ1) is 24.1. The lowest BCUT2D eigenvalue weighted by Gasteiger charge is -2.29. The van der Waals surface area contributed by atoms with Gasteiger partial charge in [-0.2, -0.15) is 0 Å². The minimum Gasteiger partial charge on any atom is -0.494 e. The first-order valence-corrected chi connectivity index (χ1v) is 11.7. The van der Waals surface area contributed by atoms with Crippen molar-refractivity contribution >= 4 is 39.8 Å². The summed E-state index contributed by atoms with van der Waals surface area (Å²) in [4.78, 5) is 27.3. The van der Waals surface area contributed by atoms with E-state index in [9.17, 15) is 4.79 Å². The van der Waals surface area contributed by atoms with E-state index in [-0.39, 0.29) is 17.4 Å². The molecule has 1 amide bonds. The van der Waals surface area contributed by atoms with Crippen LogP contribution in [0.1, 0.15) is 0 Å². The van der Waals surface area contributed by atoms with Gasteiger partial charge < -0.3 is 25.0 Å². The minimum absolute atomic E-state index is 0.201. The first-order valence-electron chi connectivity index (χ1n) is 11.7. The summed E-state index contributed by atoms with van der Waals surface area (Å²) >= 11 is 0. The molecule has 5 rings (SSSR count). The number of pyridine rings is 1. The number of nitrogens with one attached hydrogen (secondary N) is 2. The monoisotopic (exact) mass is 500 g/mol. The number of aromatic nitrogens is 3. The summed E-state index contributed by atoms with van der Waals surface area (Å²) in [5.74, 6) is 0.0228. The highest BCUT2D eigenvalue weighted by Crippen LogP contribution is 2.34. The molecule has 4 aromatic rings. The van der Waals surface area contributed by atoms with Crippen LogP contribution in [0.2, 0.25) is 0 Å². The number of anilines is 4. The number of ether oxygens (including phenoxy) is 2. The van der Waals surface area contributed by atoms with E-state index in [1.807, 2.05) is 18.2 Å². The van der Waals surface area contributed by atoms with Crippen molar-refractivity contribution in [2.24, 2.45) is 0 Å². The average molecular weight is 501 g/mol. The molecular formula is C27H25FN6O3. The van der Waals surface area contributed by atoms with Crippen molar-refractivity contribution in [3.8, 4) is 17.0 Å². The van der Waals surface area contributed by atoms with Gasteiger partial charge in [-0.15, -0.1) is 0 Å². The van der Waals surface area contributed by atoms with Gasteiger partial charge >= 0.3 is 0 Å². The van der Waals surface area contributed by atoms with Gasteiger partial charge in [0.15, 0.2) is 0 Å². The molecule has 0 spiro atoms. The maximum atomic E-state index is 15.1. The fourth-order valence-electron chi connectivity index (χ4n) is 4.14. The molecule has 188 valence electrons. The molecule has 3 heterocycles. The standard InChI is InChI=1S/C27H25FN6O3/c1-3-24(35)31-18-8-9-29-22(14-18)25-20(28)6-4-17-16-30-27(33-26(17)25)32-21-7-5-19(15-23(21)36-2)34-10-12-37-13-11-34/h3-9,14-16H,1,10-13H2,2H3,(H,29,31,35)(H,30,32,33). The van der Waals surface area contributed by atoms with Crippen LogP contribution in [0, 0.1) is 5.82 Å². The lowest BCUT2D eigenvalue weighted by molar-refractivity contribution is -0.111. The summed E-state index contributed by atoms with van der Waals surface area (Å²) in [6.45, 7) is 6.44. The molecule has 1 aliphatic heterocycles. The van der Waals surface area contributed by atoms with Crippen LogP contribution in [-0.2, 0) is 9.53 Å². The van der Waals surface area contributed by atoms with Crippen LogP contribution in [0.25, 0.3) is 22.2 Å². The summed E-state index contributed by atoms with van der Waals surface area (Å²) < 4.78 is 26.2. The zero-order chi connectivity index (χ0) is 25.8. The second-order valence-electron chi connectivity index (χ2n) is 8.29. The Morgan fingerprint density at radius 1 is 1.16 bits per heavy atom. The number of carbonyl (C=O) groups is 1. The number of rotatable bonds is 7. The Hall–Kier alpha value is -4.57. The van der Waals surface area contributed by atoms with Crippen LogP contribution in [0.15, 0.2) is 67.5 Å². The highest BCUT2D eigenvalue weighted by atomic mass is 19.1. The molecule has 1 saturated heterocycles. The van der Waals surface area contributed by atoms with Crippen LogP contribution < -0.4 is 20.3 Å². The van der Waals surface area contributed by atoms with Crippen molar-refractivity contribution in [2.75, 3.05) is 48.9 Å². The van der Waals surface area contributed by atoms with Gasteiger partial charge in [0.2, 0.25) is 11.9 Å². The van der Waals surface area contributed by atoms with Crippen molar-refractivity contribution in [3.63, 3.8) is 0 Å². The van der Waals surface area contributed by atoms with Crippen molar-refractivity contribution in [1.82, 2.24) is 15.0 Å². The number of hydrogen-bond donors (Lipinski definition) is 2. The number of hydrogen-bond acceptors (Lipinski definition) is 8. The maximum Gasteiger partial charge on any atom is 0.247 e. The smallest absolute Gasteiger partial charge is 0.247 e. The van der Waals surface area contributed by atoms with Gasteiger partial charge in [-0.1, -0.05) is 6.58 Å². The zero-order valence-electron chi connectivity index (χ0n) is 20.2. The number of halogens is 1. The van der Waals surface area contributed by atoms with Gasteiger partial charge in [-0.25, -0.2) is 14.4 Å². The van der Waals surface area contributed by atoms with E-state index in [4.69, 9.17) is 9.47 Å². The molecular weight excluding hydrogens is 475 g/mol. The fourth-order valence-corrected chi connectivity index (χ4v) is 4.14. The van der Waals surface area contributed by atoms with Crippen LogP contribution in [0.4, 0.5) is 27.4 Å². The Balaban J connectivity index is 1.49. The molecule has 37 heavy (non-hydrogen) atoms. The molecule has 0 unspecified atom stereocenters. The minimum atomic E-state index is -0.496. The van der Waals surface area contributed by atoms with Crippen molar-refractivity contribution in [2.45, 2.75) is 0 Å². The van der Waals surface area contributed by atoms with E-state index in [1.165, 1.54) is 12.3 Å². The third-order valence-electron chi connectivity index (χ3n) is 5.98. The lowest BCUT2D eigenvalue weighted by Crippen LogP contribution is -2.36. The van der Waals surface area contributed by atoms with Crippen molar-refractivity contribution in [3.05, 3.63) is 73.3 Å². The van der Waals surface area contributed by atoms with E-state index in [0.717, 1.165) is 24.9 Å². The van der Waals surface area contributed by atoms with E-state index in [2.05, 4.69) is 37.1 Å². The molecule has 2 N–H and O–H groups in total. The van der Waals surface area contributed by atoms with E-state index < -0.39 is 5.82 Å². The molecule has 2 aromatic carbocycles. The fraction of sp³-hybridized carbons (Fsp3) is 0.185. The summed E-state index contributed by atoms with van der Waals surface area (Å²) in [6.07, 6.45) is 4.27. The molecule has 0 saturated carbocycles. The van der Waals surface area contributed by atoms with E-state index in [0.29, 0.717) is 46.9 Å². The SMILES string of the molecule is C=CC(=O)Nc1ccnc(-c2c(F)ccc3cnc(Nc4ccc(N5CCOCC5)cc4OC)nc23)c1. The summed E-state index contributed by atoms with van der Waals surface area (Å²) in [5, 5.41) is 6.49. The zero-order valence-corrected chi connectivity index (χ0v) is 20.2. The Morgan fingerprint density at radius 3 is 2.78 bits per heavy atom. The Bertz CT molecular complexity index is 1470. The number of amides is 1. The maximum absolute atomic E-state index is 15.1. The first-order chi connectivity index (χ1) is 18.1. The quantitative estimate of drug-likeness (QED) is 0.357. The normalized spacial score (nSPS) is 13.3. The van der Waals surface area contributed by atoms with Gasteiger partial charge in [0, 0.05) is 48.3 Å². The van der Waals surface area contributed by atoms with Gasteiger partial charge in [0.25, 0.3) is 0 Å². The molecule has 0 radical (unpaired) electrons. The van der Waals surface area contributed by atoms with Gasteiger partial charge in [0.05, 0.1) is 42.8 Å². The summed E-state index contributed by atoms with van der Waals surface area (Å²) in [6, 6.07) is 12.0. The van der Waals surface area contributed by atoms with Crippen LogP contribution in [0.5, 0.6) is 5.75 Å². The molecule has 1 fully saturated rings. The van der Waals surface area contributed by atoms with Crippen LogP contribution >= 0.6 is 0 Å². The molecule has 2 aromatic heterocycles. The third kappa shape index (κ3) is 5.19. The van der Waals surface area contributed by atoms with E-state index in [1.54, 1.807) is 31.5 Å². The van der Waals surface area contributed by atoms with Crippen LogP contribution in [-0.4, -0.2) is 54.3 Å². The van der Waals surface area contributed by atoms with Gasteiger partial charge in [-0.3, -0.25) is 9.78 Å². The number of morpholine rings is 1. The topological polar surface area (TPSA) is 102 Å². The number of carbonyl (C=O) groups excluding carboxylic acids is 1. The Morgan fingerprint density at radius 2 is 2.00 bits per heavy atom. The highest BCUT2D eigenvalue weighted by molar-refractivity contribution is 6.00. The van der Waals surface area contributed by atoms with E-state index >= 15 is 4.39 Å². The molecule has 1 aliphatic rings. The number of benzene rings is 2. The number of fused-ring (bicyclic) bond motifs is 1. The third-order valence-corrected chi connectivity index (χ3v) is 5.98. The second kappa shape index (κ2) is 10.6. The molecule has 10 heteroatoms. The predicted molar refractivity (Wildman–Crippen MR) is 141 cm³/mol. The van der Waals surface area contributed by atoms with Crippen molar-refractivity contribution in [1.29, 1.82) is 0 Å². The van der Waals surface area contributed by atoms with Gasteiger partial charge in [0.1, 0.15) is 11.6 Å². The molecule has 0 atom stereocenters. The van der Waals surface area contributed by atoms with Crippen molar-refractivity contribution < 1.29 is 18.7 Å². The second-order valence-corrected chi connectivity index (χ2v) is 8.29. The van der Waals surface area contributed by atoms with Crippen LogP contribution in [0.3, 0.4) is 0 Å².